The van der Waals surface area contributed by atoms with Crippen LogP contribution in [0, 0.1) is 5.92 Å². The highest BCUT2D eigenvalue weighted by molar-refractivity contribution is 7.90. The molecular formula is C27H35N3O3S. The van der Waals surface area contributed by atoms with Gasteiger partial charge < -0.3 is 5.32 Å². The largest absolute Gasteiger partial charge is 0.313 e. The first-order valence-electron chi connectivity index (χ1n) is 12.2. The number of hydrogen-bond acceptors (Lipinski definition) is 5. The molecule has 2 aromatic rings. The number of amides is 1. The van der Waals surface area contributed by atoms with E-state index in [2.05, 4.69) is 52.7 Å². The molecule has 6 nitrogen and oxygen atoms in total. The van der Waals surface area contributed by atoms with E-state index in [1.807, 2.05) is 16.9 Å². The lowest BCUT2D eigenvalue weighted by Gasteiger charge is -2.32. The Hall–Kier alpha value is -2.48. The molecule has 0 spiro atoms. The van der Waals surface area contributed by atoms with Crippen LogP contribution in [-0.4, -0.2) is 50.7 Å². The minimum absolute atomic E-state index is 0.121. The standard InChI is InChI=1S/C27H35N3O3S/c1-2-34(32,33)29-27(31)13-12-21-8-10-23(11-9-21)20-30-16-14-22(15-17-30)19-28-26-18-25(26)24-6-4-3-5-7-24/h3-13,22,25-26,28H,2,14-20H2,1H3,(H,29,31)/b13-12+/t25-,26+/m0/s1. The zero-order valence-corrected chi connectivity index (χ0v) is 20.6. The summed E-state index contributed by atoms with van der Waals surface area (Å²) in [6, 6.07) is 19.5. The third kappa shape index (κ3) is 7.26. The lowest BCUT2D eigenvalue weighted by Crippen LogP contribution is -2.37. The third-order valence-corrected chi connectivity index (χ3v) is 8.12. The van der Waals surface area contributed by atoms with Crippen LogP contribution in [0.2, 0.25) is 0 Å². The third-order valence-electron chi connectivity index (χ3n) is 6.84. The van der Waals surface area contributed by atoms with Crippen molar-refractivity contribution in [3.63, 3.8) is 0 Å². The molecule has 2 fully saturated rings. The second kappa shape index (κ2) is 11.3. The second-order valence-corrected chi connectivity index (χ2v) is 11.4. The molecule has 0 aromatic heterocycles. The summed E-state index contributed by atoms with van der Waals surface area (Å²) in [4.78, 5) is 14.2. The summed E-state index contributed by atoms with van der Waals surface area (Å²) < 4.78 is 24.9. The van der Waals surface area contributed by atoms with Gasteiger partial charge in [-0.05, 0) is 74.5 Å². The van der Waals surface area contributed by atoms with Crippen molar-refractivity contribution in [3.05, 3.63) is 77.4 Å². The van der Waals surface area contributed by atoms with Crippen molar-refractivity contribution in [2.24, 2.45) is 5.92 Å². The molecule has 7 heteroatoms. The Morgan fingerprint density at radius 1 is 1.06 bits per heavy atom. The Morgan fingerprint density at radius 3 is 2.44 bits per heavy atom. The Kier molecular flexibility index (Phi) is 8.19. The summed E-state index contributed by atoms with van der Waals surface area (Å²) in [5.41, 5.74) is 3.57. The maximum absolute atomic E-state index is 11.7. The number of nitrogens with one attached hydrogen (secondary N) is 2. The lowest BCUT2D eigenvalue weighted by atomic mass is 9.96. The van der Waals surface area contributed by atoms with E-state index < -0.39 is 15.9 Å². The van der Waals surface area contributed by atoms with Crippen LogP contribution in [0.4, 0.5) is 0 Å². The molecule has 2 atom stereocenters. The molecule has 1 saturated carbocycles. The monoisotopic (exact) mass is 481 g/mol. The zero-order chi connectivity index (χ0) is 24.0. The number of nitrogens with zero attached hydrogens (tertiary/aromatic N) is 1. The van der Waals surface area contributed by atoms with Crippen LogP contribution in [0.25, 0.3) is 6.08 Å². The second-order valence-electron chi connectivity index (χ2n) is 9.43. The molecule has 0 radical (unpaired) electrons. The SMILES string of the molecule is CCS(=O)(=O)NC(=O)/C=C/c1ccc(CN2CCC(CN[C@@H]3C[C@H]3c3ccccc3)CC2)cc1. The summed E-state index contributed by atoms with van der Waals surface area (Å²) in [6.45, 7) is 5.78. The molecule has 1 aliphatic heterocycles. The number of benzene rings is 2. The Balaban J connectivity index is 1.15. The minimum Gasteiger partial charge on any atom is -0.313 e. The van der Waals surface area contributed by atoms with Crippen molar-refractivity contribution in [2.45, 2.75) is 44.7 Å². The summed E-state index contributed by atoms with van der Waals surface area (Å²) in [5.74, 6) is 0.700. The Labute approximate surface area is 203 Å². The first kappa shape index (κ1) is 24.6. The molecule has 1 aliphatic carbocycles. The molecule has 1 saturated heterocycles. The van der Waals surface area contributed by atoms with Crippen molar-refractivity contribution in [1.82, 2.24) is 14.9 Å². The predicted octanol–water partition coefficient (Wildman–Crippen LogP) is 3.52. The van der Waals surface area contributed by atoms with E-state index in [0.29, 0.717) is 12.0 Å². The fourth-order valence-corrected chi connectivity index (χ4v) is 5.10. The van der Waals surface area contributed by atoms with Crippen molar-refractivity contribution < 1.29 is 13.2 Å². The van der Waals surface area contributed by atoms with Gasteiger partial charge in [-0.2, -0.15) is 0 Å². The number of carbonyl (C=O) groups is 1. The molecule has 0 bridgehead atoms. The van der Waals surface area contributed by atoms with E-state index in [1.54, 1.807) is 6.08 Å². The molecule has 0 unspecified atom stereocenters. The van der Waals surface area contributed by atoms with Gasteiger partial charge in [0, 0.05) is 24.6 Å². The molecule has 1 heterocycles. The summed E-state index contributed by atoms with van der Waals surface area (Å²) >= 11 is 0. The molecular weight excluding hydrogens is 446 g/mol. The summed E-state index contributed by atoms with van der Waals surface area (Å²) in [6.07, 6.45) is 6.60. The van der Waals surface area contributed by atoms with Crippen molar-refractivity contribution >= 4 is 22.0 Å². The van der Waals surface area contributed by atoms with Gasteiger partial charge in [0.05, 0.1) is 5.75 Å². The van der Waals surface area contributed by atoms with Gasteiger partial charge in [0.2, 0.25) is 10.0 Å². The van der Waals surface area contributed by atoms with Crippen LogP contribution in [0.5, 0.6) is 0 Å². The van der Waals surface area contributed by atoms with Crippen LogP contribution in [0.1, 0.15) is 48.8 Å². The summed E-state index contributed by atoms with van der Waals surface area (Å²) in [5, 5.41) is 3.79. The van der Waals surface area contributed by atoms with Gasteiger partial charge in [0.25, 0.3) is 5.91 Å². The molecule has 1 amide bonds. The molecule has 182 valence electrons. The smallest absolute Gasteiger partial charge is 0.257 e. The van der Waals surface area contributed by atoms with Gasteiger partial charge in [-0.1, -0.05) is 54.6 Å². The highest BCUT2D eigenvalue weighted by Crippen LogP contribution is 2.40. The number of hydrogen-bond donors (Lipinski definition) is 2. The molecule has 4 rings (SSSR count). The van der Waals surface area contributed by atoms with E-state index in [0.717, 1.165) is 37.7 Å². The number of sulfonamides is 1. The van der Waals surface area contributed by atoms with Gasteiger partial charge in [-0.25, -0.2) is 13.1 Å². The molecule has 34 heavy (non-hydrogen) atoms. The van der Waals surface area contributed by atoms with Crippen molar-refractivity contribution in [3.8, 4) is 0 Å². The average molecular weight is 482 g/mol. The van der Waals surface area contributed by atoms with Crippen LogP contribution in [-0.2, 0) is 21.4 Å². The quantitative estimate of drug-likeness (QED) is 0.508. The average Bonchev–Trinajstić information content (AvgIpc) is 3.63. The lowest BCUT2D eigenvalue weighted by molar-refractivity contribution is -0.114. The number of rotatable bonds is 10. The van der Waals surface area contributed by atoms with E-state index in [1.165, 1.54) is 43.4 Å². The first-order chi connectivity index (χ1) is 16.4. The van der Waals surface area contributed by atoms with E-state index in [9.17, 15) is 13.2 Å². The number of likely N-dealkylation sites (tertiary alicyclic amines) is 1. The number of piperidine rings is 1. The fourth-order valence-electron chi connectivity index (χ4n) is 4.58. The maximum Gasteiger partial charge on any atom is 0.257 e. The fraction of sp³-hybridized carbons (Fsp3) is 0.444. The number of carbonyl (C=O) groups excluding carboxylic acids is 1. The zero-order valence-electron chi connectivity index (χ0n) is 19.8. The van der Waals surface area contributed by atoms with Crippen LogP contribution < -0.4 is 10.0 Å². The molecule has 2 aliphatic rings. The summed E-state index contributed by atoms with van der Waals surface area (Å²) in [7, 11) is -3.53. The van der Waals surface area contributed by atoms with Crippen LogP contribution in [0.3, 0.4) is 0 Å². The van der Waals surface area contributed by atoms with Gasteiger partial charge >= 0.3 is 0 Å². The van der Waals surface area contributed by atoms with Crippen LogP contribution >= 0.6 is 0 Å². The van der Waals surface area contributed by atoms with Gasteiger partial charge in [-0.3, -0.25) is 9.69 Å². The van der Waals surface area contributed by atoms with Crippen molar-refractivity contribution in [2.75, 3.05) is 25.4 Å². The van der Waals surface area contributed by atoms with E-state index >= 15 is 0 Å². The highest BCUT2D eigenvalue weighted by atomic mass is 32.2. The highest BCUT2D eigenvalue weighted by Gasteiger charge is 2.38. The van der Waals surface area contributed by atoms with Crippen molar-refractivity contribution in [1.29, 1.82) is 0 Å². The maximum atomic E-state index is 11.7. The van der Waals surface area contributed by atoms with Crippen LogP contribution in [0.15, 0.2) is 60.7 Å². The van der Waals surface area contributed by atoms with Gasteiger partial charge in [0.1, 0.15) is 0 Å². The van der Waals surface area contributed by atoms with Gasteiger partial charge in [0.15, 0.2) is 0 Å². The predicted molar refractivity (Wildman–Crippen MR) is 137 cm³/mol. The molecule has 2 aromatic carbocycles. The van der Waals surface area contributed by atoms with E-state index in [-0.39, 0.29) is 5.75 Å². The first-order valence-corrected chi connectivity index (χ1v) is 13.9. The Bertz CT molecular complexity index is 1080. The minimum atomic E-state index is -3.53. The molecule has 2 N–H and O–H groups in total. The topological polar surface area (TPSA) is 78.5 Å². The normalized spacial score (nSPS) is 21.6. The van der Waals surface area contributed by atoms with Gasteiger partial charge in [-0.15, -0.1) is 0 Å². The van der Waals surface area contributed by atoms with E-state index in [4.69, 9.17) is 0 Å². The Morgan fingerprint density at radius 2 is 1.76 bits per heavy atom.